The van der Waals surface area contributed by atoms with Crippen LogP contribution in [-0.4, -0.2) is 13.1 Å². The summed E-state index contributed by atoms with van der Waals surface area (Å²) >= 11 is 0. The Hall–Kier alpha value is -3.85. The van der Waals surface area contributed by atoms with E-state index in [0.29, 0.717) is 5.75 Å². The summed E-state index contributed by atoms with van der Waals surface area (Å²) in [6.07, 6.45) is 0. The van der Waals surface area contributed by atoms with Gasteiger partial charge in [-0.25, -0.2) is 0 Å². The van der Waals surface area contributed by atoms with Gasteiger partial charge in [-0.1, -0.05) is 142 Å². The minimum atomic E-state index is -0.332. The zero-order valence-electron chi connectivity index (χ0n) is 27.5. The summed E-state index contributed by atoms with van der Waals surface area (Å²) in [6, 6.07) is 32.7. The zero-order valence-corrected chi connectivity index (χ0v) is 27.5. The van der Waals surface area contributed by atoms with E-state index >= 15 is 0 Å². The summed E-state index contributed by atoms with van der Waals surface area (Å²) in [5.74, 6) is 1.07. The van der Waals surface area contributed by atoms with Crippen molar-refractivity contribution in [3.8, 4) is 33.8 Å². The second-order valence-corrected chi connectivity index (χ2v) is 8.58. The van der Waals surface area contributed by atoms with E-state index in [1.165, 1.54) is 12.5 Å². The summed E-state index contributed by atoms with van der Waals surface area (Å²) in [5, 5.41) is 0. The minimum absolute atomic E-state index is 0.298. The zero-order chi connectivity index (χ0) is 31.4. The van der Waals surface area contributed by atoms with E-state index in [-0.39, 0.29) is 11.4 Å². The molecule has 0 aliphatic carbocycles. The van der Waals surface area contributed by atoms with Gasteiger partial charge in [0.1, 0.15) is 11.5 Å². The van der Waals surface area contributed by atoms with Gasteiger partial charge in [0, 0.05) is 23.5 Å². The van der Waals surface area contributed by atoms with E-state index in [1.54, 1.807) is 7.11 Å². The number of hydrogen-bond acceptors (Lipinski definition) is 3. The molecule has 0 fully saturated rings. The van der Waals surface area contributed by atoms with E-state index in [9.17, 15) is 4.79 Å². The van der Waals surface area contributed by atoms with Crippen molar-refractivity contribution in [3.63, 3.8) is 0 Å². The summed E-state index contributed by atoms with van der Waals surface area (Å²) in [7, 11) is 1.70. The maximum absolute atomic E-state index is 11.7. The van der Waals surface area contributed by atoms with Crippen LogP contribution in [0.2, 0.25) is 0 Å². The van der Waals surface area contributed by atoms with Crippen molar-refractivity contribution in [1.82, 2.24) is 0 Å². The Morgan fingerprint density at radius 3 is 1.29 bits per heavy atom. The summed E-state index contributed by atoms with van der Waals surface area (Å²) in [6.45, 7) is 21.8. The molecule has 0 amide bonds. The van der Waals surface area contributed by atoms with Gasteiger partial charge in [-0.3, -0.25) is 4.79 Å². The smallest absolute Gasteiger partial charge is 0.308 e. The largest absolute Gasteiger partial charge is 0.496 e. The lowest BCUT2D eigenvalue weighted by Gasteiger charge is -2.28. The van der Waals surface area contributed by atoms with Gasteiger partial charge in [0.2, 0.25) is 0 Å². The second kappa shape index (κ2) is 20.1. The molecule has 4 aromatic rings. The van der Waals surface area contributed by atoms with Crippen LogP contribution in [0.3, 0.4) is 0 Å². The molecule has 0 unspecified atom stereocenters. The van der Waals surface area contributed by atoms with Gasteiger partial charge in [0.15, 0.2) is 0 Å². The molecule has 0 N–H and O–H groups in total. The number of ether oxygens (including phenoxy) is 2. The molecule has 3 nitrogen and oxygen atoms in total. The third kappa shape index (κ3) is 10.2. The van der Waals surface area contributed by atoms with Crippen LogP contribution < -0.4 is 9.47 Å². The SMILES string of the molecule is CC.CC.CC.CC.COc1ccc(C(C)(C)c2ccc(OC(C)=O)c(-c3ccccc3)c2)cc1-c1ccccc1. The molecular formula is C38H52O3. The maximum Gasteiger partial charge on any atom is 0.308 e. The van der Waals surface area contributed by atoms with Crippen LogP contribution in [0.1, 0.15) is 87.3 Å². The molecule has 0 bridgehead atoms. The Kier molecular flexibility index (Phi) is 18.2. The highest BCUT2D eigenvalue weighted by molar-refractivity contribution is 5.78. The van der Waals surface area contributed by atoms with Crippen molar-refractivity contribution in [1.29, 1.82) is 0 Å². The van der Waals surface area contributed by atoms with E-state index in [2.05, 4.69) is 44.2 Å². The van der Waals surface area contributed by atoms with Crippen LogP contribution in [0.5, 0.6) is 11.5 Å². The number of rotatable bonds is 6. The van der Waals surface area contributed by atoms with Crippen molar-refractivity contribution >= 4 is 5.97 Å². The average molecular weight is 557 g/mol. The van der Waals surface area contributed by atoms with E-state index in [4.69, 9.17) is 9.47 Å². The van der Waals surface area contributed by atoms with Crippen molar-refractivity contribution in [2.75, 3.05) is 7.11 Å². The Balaban J connectivity index is 0.00000184. The molecule has 0 saturated carbocycles. The lowest BCUT2D eigenvalue weighted by molar-refractivity contribution is -0.131. The molecule has 4 aromatic carbocycles. The molecule has 0 aromatic heterocycles. The third-order valence-corrected chi connectivity index (χ3v) is 6.05. The molecular weight excluding hydrogens is 504 g/mol. The van der Waals surface area contributed by atoms with E-state index in [0.717, 1.165) is 33.6 Å². The predicted molar refractivity (Wildman–Crippen MR) is 179 cm³/mol. The lowest BCUT2D eigenvalue weighted by atomic mass is 9.76. The fourth-order valence-corrected chi connectivity index (χ4v) is 4.11. The minimum Gasteiger partial charge on any atom is -0.496 e. The molecule has 0 saturated heterocycles. The number of esters is 1. The Morgan fingerprint density at radius 1 is 0.561 bits per heavy atom. The second-order valence-electron chi connectivity index (χ2n) is 8.58. The molecule has 3 heteroatoms. The molecule has 0 radical (unpaired) electrons. The molecule has 0 aliphatic heterocycles. The molecule has 0 aliphatic rings. The number of carbonyl (C=O) groups is 1. The first-order valence-electron chi connectivity index (χ1n) is 15.0. The number of hydrogen-bond donors (Lipinski definition) is 0. The highest BCUT2D eigenvalue weighted by Gasteiger charge is 2.26. The first-order chi connectivity index (χ1) is 19.9. The van der Waals surface area contributed by atoms with Crippen molar-refractivity contribution in [3.05, 3.63) is 108 Å². The summed E-state index contributed by atoms with van der Waals surface area (Å²) in [4.78, 5) is 11.7. The fourth-order valence-electron chi connectivity index (χ4n) is 4.11. The maximum atomic E-state index is 11.7. The Morgan fingerprint density at radius 2 is 0.927 bits per heavy atom. The third-order valence-electron chi connectivity index (χ3n) is 6.05. The first kappa shape index (κ1) is 37.1. The van der Waals surface area contributed by atoms with Gasteiger partial charge in [-0.2, -0.15) is 0 Å². The standard InChI is InChI=1S/C30H28O3.4C2H6/c1-21(31)33-29-18-16-25(20-27(29)23-13-9-6-10-14-23)30(2,3)24-15-17-28(32-4)26(19-24)22-11-7-5-8-12-22;4*1-2/h5-20H,1-4H3;4*1-2H3. The molecule has 222 valence electrons. The van der Waals surface area contributed by atoms with Gasteiger partial charge in [-0.15, -0.1) is 0 Å². The summed E-state index contributed by atoms with van der Waals surface area (Å²) in [5.41, 5.74) is 6.07. The highest BCUT2D eigenvalue weighted by atomic mass is 16.5. The molecule has 0 spiro atoms. The molecule has 0 heterocycles. The summed E-state index contributed by atoms with van der Waals surface area (Å²) < 4.78 is 11.2. The predicted octanol–water partition coefficient (Wildman–Crippen LogP) is 11.4. The number of methoxy groups -OCH3 is 1. The number of benzene rings is 4. The van der Waals surface area contributed by atoms with Crippen LogP contribution >= 0.6 is 0 Å². The topological polar surface area (TPSA) is 35.5 Å². The molecule has 4 rings (SSSR count). The Labute approximate surface area is 250 Å². The average Bonchev–Trinajstić information content (AvgIpc) is 3.05. The van der Waals surface area contributed by atoms with Crippen molar-refractivity contribution in [2.45, 2.75) is 81.6 Å². The molecule has 0 atom stereocenters. The normalized spacial score (nSPS) is 9.56. The van der Waals surface area contributed by atoms with Gasteiger partial charge in [-0.05, 0) is 46.5 Å². The van der Waals surface area contributed by atoms with Gasteiger partial charge < -0.3 is 9.47 Å². The lowest BCUT2D eigenvalue weighted by Crippen LogP contribution is -2.19. The monoisotopic (exact) mass is 556 g/mol. The van der Waals surface area contributed by atoms with Gasteiger partial charge >= 0.3 is 5.97 Å². The van der Waals surface area contributed by atoms with E-state index < -0.39 is 0 Å². The highest BCUT2D eigenvalue weighted by Crippen LogP contribution is 2.41. The van der Waals surface area contributed by atoms with Crippen LogP contribution in [0.4, 0.5) is 0 Å². The van der Waals surface area contributed by atoms with Gasteiger partial charge in [0.05, 0.1) is 7.11 Å². The van der Waals surface area contributed by atoms with Gasteiger partial charge in [0.25, 0.3) is 0 Å². The number of carbonyl (C=O) groups excluding carboxylic acids is 1. The van der Waals surface area contributed by atoms with Crippen molar-refractivity contribution in [2.24, 2.45) is 0 Å². The van der Waals surface area contributed by atoms with Crippen LogP contribution in [-0.2, 0) is 10.2 Å². The van der Waals surface area contributed by atoms with Crippen molar-refractivity contribution < 1.29 is 14.3 Å². The molecule has 41 heavy (non-hydrogen) atoms. The first-order valence-corrected chi connectivity index (χ1v) is 15.0. The quantitative estimate of drug-likeness (QED) is 0.175. The van der Waals surface area contributed by atoms with Crippen LogP contribution in [0.25, 0.3) is 22.3 Å². The van der Waals surface area contributed by atoms with E-state index in [1.807, 2.05) is 122 Å². The van der Waals surface area contributed by atoms with Crippen LogP contribution in [0.15, 0.2) is 97.1 Å². The fraction of sp³-hybridized carbons (Fsp3) is 0.342. The van der Waals surface area contributed by atoms with Crippen LogP contribution in [0, 0.1) is 0 Å². The Bertz CT molecular complexity index is 1260.